The summed E-state index contributed by atoms with van der Waals surface area (Å²) in [6.07, 6.45) is 5.36. The van der Waals surface area contributed by atoms with E-state index >= 15 is 0 Å². The topological polar surface area (TPSA) is 196 Å². The number of nitrogens with one attached hydrogen (secondary N) is 3. The van der Waals surface area contributed by atoms with E-state index in [9.17, 15) is 33.5 Å². The number of halogens is 1. The Morgan fingerprint density at radius 3 is 2.47 bits per heavy atom. The van der Waals surface area contributed by atoms with Crippen molar-refractivity contribution >= 4 is 46.8 Å². The lowest BCUT2D eigenvalue weighted by molar-refractivity contribution is -0.147. The summed E-state index contributed by atoms with van der Waals surface area (Å²) >= 11 is 1.10. The number of thiazole rings is 1. The Balaban J connectivity index is 1.98. The Bertz CT molecular complexity index is 1790. The minimum atomic E-state index is -1.23. The van der Waals surface area contributed by atoms with Gasteiger partial charge in [-0.05, 0) is 90.1 Å². The van der Waals surface area contributed by atoms with Crippen LogP contribution >= 0.6 is 11.3 Å². The van der Waals surface area contributed by atoms with Crippen LogP contribution < -0.4 is 21.7 Å². The predicted octanol–water partition coefficient (Wildman–Crippen LogP) is 6.86. The lowest BCUT2D eigenvalue weighted by Gasteiger charge is -2.39. The van der Waals surface area contributed by atoms with Gasteiger partial charge in [-0.2, -0.15) is 0 Å². The molecule has 1 aliphatic heterocycles. The minimum absolute atomic E-state index is 0.00808. The maximum absolute atomic E-state index is 14.9. The number of carbonyl (C=O) groups is 5. The van der Waals surface area contributed by atoms with Crippen molar-refractivity contribution in [3.05, 3.63) is 57.8 Å². The summed E-state index contributed by atoms with van der Waals surface area (Å²) in [4.78, 5) is 75.7. The molecule has 0 radical (unpaired) electrons. The van der Waals surface area contributed by atoms with E-state index < -0.39 is 53.4 Å². The van der Waals surface area contributed by atoms with Gasteiger partial charge in [-0.1, -0.05) is 71.1 Å². The van der Waals surface area contributed by atoms with Crippen molar-refractivity contribution in [1.29, 1.82) is 0 Å². The highest BCUT2D eigenvalue weighted by Gasteiger charge is 2.38. The SMILES string of the molecule is C=C(C)[C@@H](C[C@@H](OC(=O)NC)c1nc(C(=O)N[C@@H](Cc2ccc(N)c(F)c2)CC(C)(C)C(=O)O)cs1)N(CCCCCC)C(=O)[C@@H](NC(=O)[C@H]1CCCCN1C)[C@@H](C)CC. The zero-order valence-electron chi connectivity index (χ0n) is 36.8. The van der Waals surface area contributed by atoms with Crippen LogP contribution in [0.5, 0.6) is 0 Å². The number of anilines is 1. The van der Waals surface area contributed by atoms with Crippen LogP contribution in [-0.2, 0) is 25.5 Å². The summed E-state index contributed by atoms with van der Waals surface area (Å²) in [5.74, 6) is -2.87. The molecule has 1 aliphatic rings. The lowest BCUT2D eigenvalue weighted by atomic mass is 9.84. The van der Waals surface area contributed by atoms with Crippen LogP contribution in [0.1, 0.15) is 133 Å². The number of aliphatic carboxylic acids is 1. The molecule has 60 heavy (non-hydrogen) atoms. The van der Waals surface area contributed by atoms with E-state index in [1.807, 2.05) is 32.7 Å². The van der Waals surface area contributed by atoms with Crippen LogP contribution in [0.25, 0.3) is 0 Å². The second kappa shape index (κ2) is 23.4. The van der Waals surface area contributed by atoms with Gasteiger partial charge >= 0.3 is 12.1 Å². The maximum atomic E-state index is 14.9. The first kappa shape index (κ1) is 49.8. The standard InChI is InChI=1S/C44H68FN7O7S/c1-10-12-13-15-21-52(41(55)37(28(5)11-2)50-39(54)34-17-14-16-20-51(34)9)35(27(3)4)24-36(59-43(58)47-8)40-49-33(26-60-40)38(53)48-30(25-44(6,7)42(56)57)22-29-18-19-32(46)31(45)23-29/h18-19,23,26,28,30,34-37H,3,10-17,20-22,24-25,46H2,1-2,4-9H3,(H,47,58)(H,48,53)(H,50,54)(H,56,57)/t28-,30-,34+,35+,36+,37-/m0/s1. The van der Waals surface area contributed by atoms with Crippen LogP contribution in [0.4, 0.5) is 14.9 Å². The Labute approximate surface area is 359 Å². The quantitative estimate of drug-likeness (QED) is 0.0448. The number of ether oxygens (including phenoxy) is 1. The number of likely N-dealkylation sites (N-methyl/N-ethyl adjacent to an activating group) is 1. The van der Waals surface area contributed by atoms with Crippen molar-refractivity contribution in [2.75, 3.05) is 32.9 Å². The molecular weight excluding hydrogens is 790 g/mol. The Kier molecular flexibility index (Phi) is 19.4. The third-order valence-corrected chi connectivity index (χ3v) is 12.4. The number of carboxylic acids is 1. The molecule has 6 atom stereocenters. The molecule has 2 aromatic rings. The summed E-state index contributed by atoms with van der Waals surface area (Å²) < 4.78 is 20.3. The van der Waals surface area contributed by atoms with Crippen molar-refractivity contribution in [2.24, 2.45) is 11.3 Å². The van der Waals surface area contributed by atoms with Gasteiger partial charge in [-0.15, -0.1) is 11.3 Å². The molecule has 16 heteroatoms. The van der Waals surface area contributed by atoms with E-state index in [1.54, 1.807) is 24.8 Å². The zero-order valence-corrected chi connectivity index (χ0v) is 37.6. The fraction of sp³-hybridized carbons (Fsp3) is 0.636. The van der Waals surface area contributed by atoms with Crippen LogP contribution in [-0.4, -0.2) is 101 Å². The van der Waals surface area contributed by atoms with Crippen LogP contribution in [0.3, 0.4) is 0 Å². The number of nitrogens with zero attached hydrogens (tertiary/aromatic N) is 3. The fourth-order valence-corrected chi connectivity index (χ4v) is 8.33. The highest BCUT2D eigenvalue weighted by molar-refractivity contribution is 7.09. The third kappa shape index (κ3) is 14.3. The van der Waals surface area contributed by atoms with Crippen molar-refractivity contribution < 1.29 is 38.2 Å². The van der Waals surface area contributed by atoms with Gasteiger partial charge in [-0.3, -0.25) is 24.1 Å². The molecule has 0 spiro atoms. The number of rotatable bonds is 23. The molecule has 3 rings (SSSR count). The number of aromatic nitrogens is 1. The summed E-state index contributed by atoms with van der Waals surface area (Å²) in [6, 6.07) is 1.80. The molecule has 1 saturated heterocycles. The summed E-state index contributed by atoms with van der Waals surface area (Å²) in [7, 11) is 3.36. The fourth-order valence-electron chi connectivity index (χ4n) is 7.49. The van der Waals surface area contributed by atoms with Gasteiger partial charge in [0.15, 0.2) is 6.10 Å². The number of unbranched alkanes of at least 4 members (excludes halogenated alkanes) is 3. The number of alkyl carbamates (subject to hydrolysis) is 1. The van der Waals surface area contributed by atoms with Gasteiger partial charge < -0.3 is 36.4 Å². The summed E-state index contributed by atoms with van der Waals surface area (Å²) in [5, 5.41) is 20.2. The molecular formula is C44H68FN7O7S. The maximum Gasteiger partial charge on any atom is 0.407 e. The molecule has 1 aromatic heterocycles. The molecule has 2 heterocycles. The van der Waals surface area contributed by atoms with Gasteiger partial charge in [0.1, 0.15) is 22.6 Å². The van der Waals surface area contributed by atoms with Crippen LogP contribution in [0, 0.1) is 17.2 Å². The van der Waals surface area contributed by atoms with Crippen molar-refractivity contribution in [1.82, 2.24) is 30.7 Å². The minimum Gasteiger partial charge on any atom is -0.481 e. The Hall–Kier alpha value is -4.57. The van der Waals surface area contributed by atoms with E-state index in [2.05, 4.69) is 34.4 Å². The van der Waals surface area contributed by atoms with Gasteiger partial charge in [0.2, 0.25) is 11.8 Å². The summed E-state index contributed by atoms with van der Waals surface area (Å²) in [6.45, 7) is 16.4. The first-order valence-corrected chi connectivity index (χ1v) is 22.1. The van der Waals surface area contributed by atoms with Gasteiger partial charge in [0, 0.05) is 31.4 Å². The largest absolute Gasteiger partial charge is 0.481 e. The molecule has 0 bridgehead atoms. The third-order valence-electron chi connectivity index (χ3n) is 11.5. The van der Waals surface area contributed by atoms with Crippen molar-refractivity contribution in [3.8, 4) is 0 Å². The zero-order chi connectivity index (χ0) is 44.7. The van der Waals surface area contributed by atoms with Crippen LogP contribution in [0.2, 0.25) is 0 Å². The Morgan fingerprint density at radius 2 is 1.87 bits per heavy atom. The molecule has 0 unspecified atom stereocenters. The molecule has 334 valence electrons. The molecule has 0 aliphatic carbocycles. The monoisotopic (exact) mass is 857 g/mol. The first-order chi connectivity index (χ1) is 28.3. The second-order valence-corrected chi connectivity index (χ2v) is 17.8. The van der Waals surface area contributed by atoms with Crippen molar-refractivity contribution in [3.63, 3.8) is 0 Å². The molecule has 0 saturated carbocycles. The number of nitrogens with two attached hydrogens (primary N) is 1. The second-order valence-electron chi connectivity index (χ2n) is 16.9. The normalized spacial score (nSPS) is 17.1. The number of likely N-dealkylation sites (tertiary alicyclic amines) is 1. The van der Waals surface area contributed by atoms with Crippen molar-refractivity contribution in [2.45, 2.75) is 142 Å². The number of hydrogen-bond donors (Lipinski definition) is 5. The highest BCUT2D eigenvalue weighted by Crippen LogP contribution is 2.32. The number of nitrogen functional groups attached to an aromatic ring is 1. The average molecular weight is 858 g/mol. The molecule has 4 amide bonds. The predicted molar refractivity (Wildman–Crippen MR) is 233 cm³/mol. The number of amides is 4. The Morgan fingerprint density at radius 1 is 1.15 bits per heavy atom. The smallest absolute Gasteiger partial charge is 0.407 e. The lowest BCUT2D eigenvalue weighted by Crippen LogP contribution is -2.58. The molecule has 1 fully saturated rings. The number of carbonyl (C=O) groups excluding carboxylic acids is 4. The van der Waals surface area contributed by atoms with E-state index in [1.165, 1.54) is 24.6 Å². The van der Waals surface area contributed by atoms with Gasteiger partial charge in [-0.25, -0.2) is 14.2 Å². The van der Waals surface area contributed by atoms with E-state index in [0.717, 1.165) is 56.4 Å². The first-order valence-electron chi connectivity index (χ1n) is 21.2. The van der Waals surface area contributed by atoms with Gasteiger partial charge in [0.05, 0.1) is 23.2 Å². The number of benzene rings is 1. The van der Waals surface area contributed by atoms with E-state index in [4.69, 9.17) is 10.5 Å². The van der Waals surface area contributed by atoms with Crippen LogP contribution in [0.15, 0.2) is 35.7 Å². The number of hydrogen-bond acceptors (Lipinski definition) is 10. The van der Waals surface area contributed by atoms with E-state index in [-0.39, 0.29) is 54.4 Å². The van der Waals surface area contributed by atoms with E-state index in [0.29, 0.717) is 35.5 Å². The average Bonchev–Trinajstić information content (AvgIpc) is 3.70. The number of carboxylic acid groups (broad SMARTS) is 1. The molecule has 14 nitrogen and oxygen atoms in total. The number of piperidine rings is 1. The molecule has 1 aromatic carbocycles. The van der Waals surface area contributed by atoms with Gasteiger partial charge in [0.25, 0.3) is 5.91 Å². The highest BCUT2D eigenvalue weighted by atomic mass is 32.1. The summed E-state index contributed by atoms with van der Waals surface area (Å²) in [5.41, 5.74) is 5.57. The molecule has 6 N–H and O–H groups in total.